The Hall–Kier alpha value is -2.97. The molecule has 23 heavy (non-hydrogen) atoms. The summed E-state index contributed by atoms with van der Waals surface area (Å²) in [6.07, 6.45) is 5.12. The molecule has 0 heterocycles. The highest BCUT2D eigenvalue weighted by molar-refractivity contribution is 5.49. The highest BCUT2D eigenvalue weighted by Crippen LogP contribution is 2.25. The summed E-state index contributed by atoms with van der Waals surface area (Å²) in [7, 11) is 0. The minimum Gasteiger partial charge on any atom is -0.309 e. The Bertz CT molecular complexity index is 698. The van der Waals surface area contributed by atoms with Crippen molar-refractivity contribution in [2.45, 2.75) is 31.5 Å². The first-order chi connectivity index (χ1) is 11.0. The molecule has 0 amide bonds. The number of azide groups is 1. The van der Waals surface area contributed by atoms with Crippen LogP contribution in [-0.2, 0) is 6.54 Å². The molecule has 0 saturated heterocycles. The molecular weight excluding hydrogens is 304 g/mol. The average molecular weight is 318 g/mol. The Kier molecular flexibility index (Phi) is 5.23. The zero-order valence-electron chi connectivity index (χ0n) is 12.0. The third-order valence-electron chi connectivity index (χ3n) is 3.63. The molecule has 2 rings (SSSR count). The zero-order chi connectivity index (χ0) is 16.8. The lowest BCUT2D eigenvalue weighted by atomic mass is 9.96. The van der Waals surface area contributed by atoms with E-state index in [0.29, 0.717) is 18.4 Å². The standard InChI is InChI=1S/C13H14N6O4/c14-17-16-12-4-2-1-3-11(12)15-8-9-5-6-10(18(20)21)7-13(9)19(22)23/h1-2,5-7,11-12,15H,3-4,8H2/t11-,12-/m1/s1. The summed E-state index contributed by atoms with van der Waals surface area (Å²) in [5.74, 6) is 0. The monoisotopic (exact) mass is 318 g/mol. The Labute approximate surface area is 130 Å². The minimum atomic E-state index is -0.673. The van der Waals surface area contributed by atoms with E-state index >= 15 is 0 Å². The van der Waals surface area contributed by atoms with Crippen LogP contribution in [0.5, 0.6) is 0 Å². The normalized spacial score (nSPS) is 19.8. The van der Waals surface area contributed by atoms with Gasteiger partial charge in [0.2, 0.25) is 0 Å². The van der Waals surface area contributed by atoms with Crippen LogP contribution in [0.2, 0.25) is 0 Å². The Balaban J connectivity index is 2.16. The van der Waals surface area contributed by atoms with Crippen molar-refractivity contribution in [3.8, 4) is 0 Å². The van der Waals surface area contributed by atoms with Gasteiger partial charge in [0.05, 0.1) is 22.0 Å². The molecule has 10 heteroatoms. The largest absolute Gasteiger partial charge is 0.309 e. The van der Waals surface area contributed by atoms with Gasteiger partial charge in [-0.05, 0) is 24.4 Å². The number of benzene rings is 1. The number of non-ortho nitro benzene ring substituents is 1. The van der Waals surface area contributed by atoms with E-state index in [1.54, 1.807) is 0 Å². The highest BCUT2D eigenvalue weighted by Gasteiger charge is 2.23. The fourth-order valence-electron chi connectivity index (χ4n) is 2.44. The van der Waals surface area contributed by atoms with E-state index in [9.17, 15) is 20.2 Å². The maximum absolute atomic E-state index is 11.1. The highest BCUT2D eigenvalue weighted by atomic mass is 16.6. The van der Waals surface area contributed by atoms with Crippen molar-refractivity contribution in [3.05, 3.63) is 66.6 Å². The Morgan fingerprint density at radius 1 is 1.26 bits per heavy atom. The second-order valence-corrected chi connectivity index (χ2v) is 5.03. The number of nitro benzene ring substituents is 2. The molecule has 0 bridgehead atoms. The van der Waals surface area contributed by atoms with Gasteiger partial charge in [-0.25, -0.2) is 0 Å². The van der Waals surface area contributed by atoms with Crippen molar-refractivity contribution in [3.63, 3.8) is 0 Å². The van der Waals surface area contributed by atoms with E-state index in [2.05, 4.69) is 15.3 Å². The number of hydrogen-bond donors (Lipinski definition) is 1. The summed E-state index contributed by atoms with van der Waals surface area (Å²) in [4.78, 5) is 23.3. The van der Waals surface area contributed by atoms with Crippen LogP contribution in [0.25, 0.3) is 10.4 Å². The van der Waals surface area contributed by atoms with E-state index in [0.717, 1.165) is 6.07 Å². The van der Waals surface area contributed by atoms with Crippen molar-refractivity contribution in [2.75, 3.05) is 0 Å². The second kappa shape index (κ2) is 7.34. The molecule has 10 nitrogen and oxygen atoms in total. The van der Waals surface area contributed by atoms with E-state index < -0.39 is 9.85 Å². The van der Waals surface area contributed by atoms with Crippen molar-refractivity contribution < 1.29 is 9.85 Å². The molecule has 1 N–H and O–H groups in total. The second-order valence-electron chi connectivity index (χ2n) is 5.03. The Morgan fingerprint density at radius 3 is 2.65 bits per heavy atom. The zero-order valence-corrected chi connectivity index (χ0v) is 12.0. The molecule has 0 saturated carbocycles. The number of hydrogen-bond acceptors (Lipinski definition) is 6. The van der Waals surface area contributed by atoms with Crippen molar-refractivity contribution in [2.24, 2.45) is 5.11 Å². The van der Waals surface area contributed by atoms with Crippen LogP contribution in [0.15, 0.2) is 35.5 Å². The molecule has 2 atom stereocenters. The van der Waals surface area contributed by atoms with Gasteiger partial charge >= 0.3 is 0 Å². The molecule has 0 aliphatic heterocycles. The van der Waals surface area contributed by atoms with Gasteiger partial charge in [-0.15, -0.1) is 0 Å². The number of nitrogens with zero attached hydrogens (tertiary/aromatic N) is 5. The lowest BCUT2D eigenvalue weighted by Gasteiger charge is -2.25. The van der Waals surface area contributed by atoms with Crippen LogP contribution in [0, 0.1) is 20.2 Å². The van der Waals surface area contributed by atoms with Gasteiger partial charge < -0.3 is 5.32 Å². The summed E-state index contributed by atoms with van der Waals surface area (Å²) in [6, 6.07) is 3.15. The molecular formula is C13H14N6O4. The van der Waals surface area contributed by atoms with Gasteiger partial charge in [0.1, 0.15) is 0 Å². The number of nitrogens with one attached hydrogen (secondary N) is 1. The lowest BCUT2D eigenvalue weighted by Crippen LogP contribution is -2.39. The van der Waals surface area contributed by atoms with Crippen LogP contribution in [0.3, 0.4) is 0 Å². The Morgan fingerprint density at radius 2 is 2.00 bits per heavy atom. The molecule has 1 aliphatic carbocycles. The fourth-order valence-corrected chi connectivity index (χ4v) is 2.44. The van der Waals surface area contributed by atoms with Crippen molar-refractivity contribution >= 4 is 11.4 Å². The van der Waals surface area contributed by atoms with E-state index in [4.69, 9.17) is 5.53 Å². The summed E-state index contributed by atoms with van der Waals surface area (Å²) in [6.45, 7) is 0.157. The van der Waals surface area contributed by atoms with E-state index in [-0.39, 0.29) is 30.0 Å². The van der Waals surface area contributed by atoms with Crippen LogP contribution in [-0.4, -0.2) is 21.9 Å². The number of nitro groups is 2. The predicted octanol–water partition coefficient (Wildman–Crippen LogP) is 2.99. The summed E-state index contributed by atoms with van der Waals surface area (Å²) >= 11 is 0. The maximum atomic E-state index is 11.1. The minimum absolute atomic E-state index is 0.134. The molecule has 1 aromatic rings. The molecule has 1 aromatic carbocycles. The fraction of sp³-hybridized carbons (Fsp3) is 0.385. The van der Waals surface area contributed by atoms with Gasteiger partial charge in [0.15, 0.2) is 0 Å². The predicted molar refractivity (Wildman–Crippen MR) is 81.7 cm³/mol. The lowest BCUT2D eigenvalue weighted by molar-refractivity contribution is -0.394. The molecule has 0 aromatic heterocycles. The van der Waals surface area contributed by atoms with Gasteiger partial charge in [-0.2, -0.15) is 0 Å². The third kappa shape index (κ3) is 4.02. The maximum Gasteiger partial charge on any atom is 0.280 e. The average Bonchev–Trinajstić information content (AvgIpc) is 2.54. The smallest absolute Gasteiger partial charge is 0.280 e. The van der Waals surface area contributed by atoms with Crippen LogP contribution >= 0.6 is 0 Å². The summed E-state index contributed by atoms with van der Waals surface area (Å²) in [5.41, 5.74) is 8.28. The van der Waals surface area contributed by atoms with E-state index in [1.807, 2.05) is 12.2 Å². The summed E-state index contributed by atoms with van der Waals surface area (Å²) in [5, 5.41) is 28.7. The quantitative estimate of drug-likeness (QED) is 0.214. The summed E-state index contributed by atoms with van der Waals surface area (Å²) < 4.78 is 0. The molecule has 0 fully saturated rings. The molecule has 0 spiro atoms. The van der Waals surface area contributed by atoms with Crippen molar-refractivity contribution in [1.82, 2.24) is 5.32 Å². The van der Waals surface area contributed by atoms with Crippen LogP contribution < -0.4 is 5.32 Å². The van der Waals surface area contributed by atoms with Gasteiger partial charge in [-0.1, -0.05) is 17.3 Å². The van der Waals surface area contributed by atoms with E-state index in [1.165, 1.54) is 12.1 Å². The first-order valence-electron chi connectivity index (χ1n) is 6.87. The van der Waals surface area contributed by atoms with Crippen LogP contribution in [0.1, 0.15) is 18.4 Å². The molecule has 0 unspecified atom stereocenters. The van der Waals surface area contributed by atoms with Gasteiger partial charge in [0, 0.05) is 29.1 Å². The topological polar surface area (TPSA) is 147 Å². The molecule has 0 radical (unpaired) electrons. The molecule has 120 valence electrons. The van der Waals surface area contributed by atoms with Crippen LogP contribution in [0.4, 0.5) is 11.4 Å². The molecule has 1 aliphatic rings. The first kappa shape index (κ1) is 16.4. The van der Waals surface area contributed by atoms with Crippen molar-refractivity contribution in [1.29, 1.82) is 0 Å². The SMILES string of the molecule is [N-]=[N+]=N[C@@H]1CC=CC[C@H]1NCc1ccc([N+](=O)[O-])cc1[N+](=O)[O-]. The number of rotatable bonds is 6. The third-order valence-corrected chi connectivity index (χ3v) is 3.63. The van der Waals surface area contributed by atoms with Gasteiger partial charge in [-0.3, -0.25) is 20.2 Å². The first-order valence-corrected chi connectivity index (χ1v) is 6.87. The van der Waals surface area contributed by atoms with Gasteiger partial charge in [0.25, 0.3) is 11.4 Å².